The minimum absolute atomic E-state index is 0.0561. The van der Waals surface area contributed by atoms with Gasteiger partial charge in [-0.05, 0) is 38.2 Å². The van der Waals surface area contributed by atoms with E-state index >= 15 is 0 Å². The lowest BCUT2D eigenvalue weighted by molar-refractivity contribution is -0.208. The fourth-order valence-corrected chi connectivity index (χ4v) is 5.70. The van der Waals surface area contributed by atoms with E-state index in [1.807, 2.05) is 30.3 Å². The first-order valence-electron chi connectivity index (χ1n) is 15.4. The Morgan fingerprint density at radius 3 is 2.31 bits per heavy atom. The molecule has 5 N–H and O–H groups in total. The van der Waals surface area contributed by atoms with Crippen molar-refractivity contribution >= 4 is 29.6 Å². The van der Waals surface area contributed by atoms with Gasteiger partial charge in [0.2, 0.25) is 17.7 Å². The van der Waals surface area contributed by atoms with Crippen molar-refractivity contribution in [2.75, 3.05) is 0 Å². The minimum Gasteiger partial charge on any atom is -0.481 e. The normalized spacial score (nSPS) is 32.2. The summed E-state index contributed by atoms with van der Waals surface area (Å²) in [5.41, 5.74) is 0.789. The highest BCUT2D eigenvalue weighted by molar-refractivity contribution is 5.93. The first kappa shape index (κ1) is 34.1. The van der Waals surface area contributed by atoms with Crippen LogP contribution in [0, 0.1) is 11.8 Å². The van der Waals surface area contributed by atoms with Crippen molar-refractivity contribution in [3.05, 3.63) is 48.0 Å². The molecule has 0 spiro atoms. The number of hydrogen-bond donors (Lipinski definition) is 5. The number of benzene rings is 1. The van der Waals surface area contributed by atoms with Crippen molar-refractivity contribution in [1.82, 2.24) is 21.3 Å². The molecule has 0 bridgehead atoms. The first-order chi connectivity index (χ1) is 21.3. The van der Waals surface area contributed by atoms with E-state index in [0.717, 1.165) is 5.56 Å². The van der Waals surface area contributed by atoms with Gasteiger partial charge in [0.1, 0.15) is 18.2 Å². The molecule has 246 valence electrons. The number of hydrogen-bond acceptors (Lipinski definition) is 8. The molecule has 1 aromatic rings. The Morgan fingerprint density at radius 2 is 1.64 bits per heavy atom. The van der Waals surface area contributed by atoms with Crippen molar-refractivity contribution in [2.24, 2.45) is 11.8 Å². The zero-order valence-electron chi connectivity index (χ0n) is 26.3. The summed E-state index contributed by atoms with van der Waals surface area (Å²) in [6.45, 7) is 8.62. The number of carboxylic acid groups (broad SMARTS) is 1. The van der Waals surface area contributed by atoms with Crippen LogP contribution in [0.5, 0.6) is 0 Å². The zero-order valence-corrected chi connectivity index (χ0v) is 26.3. The van der Waals surface area contributed by atoms with Gasteiger partial charge in [0.25, 0.3) is 5.91 Å². The Hall–Kier alpha value is -3.81. The number of carboxylic acids is 1. The van der Waals surface area contributed by atoms with Crippen LogP contribution in [0.15, 0.2) is 42.5 Å². The second kappa shape index (κ2) is 14.5. The summed E-state index contributed by atoms with van der Waals surface area (Å²) in [6, 6.07) is 5.43. The van der Waals surface area contributed by atoms with E-state index in [4.69, 9.17) is 19.3 Å². The van der Waals surface area contributed by atoms with Crippen LogP contribution in [0.2, 0.25) is 0 Å². The SMILES string of the molecule is CC(C)[C@H]1NC(=O)[C@@H](C)[C@@H](C/C=C\CCC(=O)O)NC(=O)[C@@H](Cc2ccccc2)NC(=O)[C@H]2O[C@H]3OC(C)(C)O[C@H]3[C@H]2NC1=O. The number of carbonyl (C=O) groups is 5. The predicted octanol–water partition coefficient (Wildman–Crippen LogP) is 1.16. The third kappa shape index (κ3) is 8.68. The number of nitrogens with one attached hydrogen (secondary N) is 4. The molecule has 0 saturated carbocycles. The summed E-state index contributed by atoms with van der Waals surface area (Å²) in [6.07, 6.45) is 0.992. The van der Waals surface area contributed by atoms with Crippen molar-refractivity contribution < 1.29 is 43.3 Å². The van der Waals surface area contributed by atoms with Gasteiger partial charge in [-0.15, -0.1) is 0 Å². The van der Waals surface area contributed by atoms with Gasteiger partial charge >= 0.3 is 5.97 Å². The Balaban J connectivity index is 1.68. The van der Waals surface area contributed by atoms with Crippen LogP contribution >= 0.6 is 0 Å². The Kier molecular flexibility index (Phi) is 11.0. The van der Waals surface area contributed by atoms with E-state index in [0.29, 0.717) is 0 Å². The number of aliphatic carboxylic acids is 1. The fourth-order valence-electron chi connectivity index (χ4n) is 5.70. The average molecular weight is 629 g/mol. The topological polar surface area (TPSA) is 181 Å². The second-order valence-corrected chi connectivity index (χ2v) is 12.6. The third-order valence-electron chi connectivity index (χ3n) is 8.21. The van der Waals surface area contributed by atoms with E-state index in [2.05, 4.69) is 21.3 Å². The molecule has 4 rings (SSSR count). The van der Waals surface area contributed by atoms with Crippen molar-refractivity contribution in [1.29, 1.82) is 0 Å². The van der Waals surface area contributed by atoms with E-state index in [1.165, 1.54) is 0 Å². The Bertz CT molecular complexity index is 1280. The molecule has 1 aromatic carbocycles. The van der Waals surface area contributed by atoms with E-state index in [9.17, 15) is 24.0 Å². The number of allylic oxidation sites excluding steroid dienone is 1. The number of rotatable bonds is 8. The van der Waals surface area contributed by atoms with Crippen LogP contribution in [0.25, 0.3) is 0 Å². The molecule has 0 unspecified atom stereocenters. The van der Waals surface area contributed by atoms with Gasteiger partial charge in [-0.3, -0.25) is 24.0 Å². The maximum Gasteiger partial charge on any atom is 0.303 e. The summed E-state index contributed by atoms with van der Waals surface area (Å²) < 4.78 is 17.9. The molecule has 45 heavy (non-hydrogen) atoms. The van der Waals surface area contributed by atoms with Gasteiger partial charge in [-0.25, -0.2) is 0 Å². The third-order valence-corrected chi connectivity index (χ3v) is 8.21. The van der Waals surface area contributed by atoms with Gasteiger partial charge < -0.3 is 40.6 Å². The van der Waals surface area contributed by atoms with E-state index in [1.54, 1.807) is 46.8 Å². The molecule has 4 amide bonds. The lowest BCUT2D eigenvalue weighted by Gasteiger charge is -2.32. The number of fused-ring (bicyclic) bond motifs is 3. The van der Waals surface area contributed by atoms with Crippen molar-refractivity contribution in [3.63, 3.8) is 0 Å². The molecule has 0 aliphatic carbocycles. The largest absolute Gasteiger partial charge is 0.481 e. The average Bonchev–Trinajstić information content (AvgIpc) is 3.45. The molecule has 0 radical (unpaired) electrons. The first-order valence-corrected chi connectivity index (χ1v) is 15.4. The van der Waals surface area contributed by atoms with Crippen LogP contribution in [0.4, 0.5) is 0 Å². The molecule has 0 aromatic heterocycles. The highest BCUT2D eigenvalue weighted by atomic mass is 16.8. The Morgan fingerprint density at radius 1 is 0.933 bits per heavy atom. The standard InChI is InChI=1S/C32H44N4O9/c1-17(2)23-29(41)36-24-25(43-31-26(24)44-32(4,5)45-31)30(42)34-21(16-19-12-8-6-9-13-19)28(40)33-20(18(3)27(39)35-23)14-10-7-11-15-22(37)38/h6-10,12-13,17-18,20-21,23-26,31H,11,14-16H2,1-5H3,(H,33,40)(H,34,42)(H,35,39)(H,36,41)(H,37,38)/b10-7-/t18-,20+,21+,23+,24-,25-,26-,31-/m0/s1. The van der Waals surface area contributed by atoms with Gasteiger partial charge in [-0.1, -0.05) is 63.3 Å². The van der Waals surface area contributed by atoms with E-state index in [-0.39, 0.29) is 31.6 Å². The number of carbonyl (C=O) groups excluding carboxylic acids is 4. The van der Waals surface area contributed by atoms with Crippen LogP contribution in [0.1, 0.15) is 59.4 Å². The maximum atomic E-state index is 13.9. The molecular weight excluding hydrogens is 584 g/mol. The highest BCUT2D eigenvalue weighted by Gasteiger charge is 2.58. The molecule has 3 aliphatic heterocycles. The summed E-state index contributed by atoms with van der Waals surface area (Å²) in [4.78, 5) is 65.8. The summed E-state index contributed by atoms with van der Waals surface area (Å²) in [7, 11) is 0. The quantitative estimate of drug-likeness (QED) is 0.264. The van der Waals surface area contributed by atoms with Gasteiger partial charge in [0.15, 0.2) is 18.2 Å². The van der Waals surface area contributed by atoms with Crippen LogP contribution < -0.4 is 21.3 Å². The molecule has 3 aliphatic rings. The predicted molar refractivity (Wildman–Crippen MR) is 161 cm³/mol. The molecule has 3 fully saturated rings. The molecule has 13 nitrogen and oxygen atoms in total. The maximum absolute atomic E-state index is 13.9. The molecular formula is C32H44N4O9. The molecule has 8 atom stereocenters. The number of ether oxygens (including phenoxy) is 3. The molecule has 3 saturated heterocycles. The monoisotopic (exact) mass is 628 g/mol. The summed E-state index contributed by atoms with van der Waals surface area (Å²) >= 11 is 0. The summed E-state index contributed by atoms with van der Waals surface area (Å²) in [5, 5.41) is 20.4. The Labute approximate surface area is 262 Å². The lowest BCUT2D eigenvalue weighted by atomic mass is 9.94. The smallest absolute Gasteiger partial charge is 0.303 e. The van der Waals surface area contributed by atoms with Crippen LogP contribution in [-0.4, -0.2) is 83.2 Å². The van der Waals surface area contributed by atoms with Gasteiger partial charge in [0.05, 0.1) is 12.0 Å². The van der Waals surface area contributed by atoms with Crippen molar-refractivity contribution in [3.8, 4) is 0 Å². The fraction of sp³-hybridized carbons (Fsp3) is 0.594. The van der Waals surface area contributed by atoms with E-state index < -0.39 is 84.0 Å². The van der Waals surface area contributed by atoms with Gasteiger partial charge in [-0.2, -0.15) is 0 Å². The molecule has 3 heterocycles. The lowest BCUT2D eigenvalue weighted by Crippen LogP contribution is -2.62. The van der Waals surface area contributed by atoms with Crippen LogP contribution in [-0.2, 0) is 44.6 Å². The summed E-state index contributed by atoms with van der Waals surface area (Å²) in [5.74, 6) is -5.18. The zero-order chi connectivity index (χ0) is 32.9. The highest BCUT2D eigenvalue weighted by Crippen LogP contribution is 2.37. The second-order valence-electron chi connectivity index (χ2n) is 12.6. The number of amides is 4. The van der Waals surface area contributed by atoms with Crippen LogP contribution in [0.3, 0.4) is 0 Å². The van der Waals surface area contributed by atoms with Crippen molar-refractivity contribution in [2.45, 2.75) is 109 Å². The van der Waals surface area contributed by atoms with Gasteiger partial charge in [0, 0.05) is 18.9 Å². The molecule has 13 heteroatoms. The minimum atomic E-state index is -1.25.